The van der Waals surface area contributed by atoms with Gasteiger partial charge in [0.25, 0.3) is 0 Å². The Labute approximate surface area is 135 Å². The van der Waals surface area contributed by atoms with Crippen LogP contribution >= 0.6 is 0 Å². The molecule has 5 heteroatoms. The summed E-state index contributed by atoms with van der Waals surface area (Å²) in [4.78, 5) is 2.01. The van der Waals surface area contributed by atoms with Crippen molar-refractivity contribution >= 4 is 5.69 Å². The highest BCUT2D eigenvalue weighted by Gasteiger charge is 2.19. The Morgan fingerprint density at radius 2 is 2.04 bits per heavy atom. The Morgan fingerprint density at radius 1 is 1.26 bits per heavy atom. The first-order chi connectivity index (χ1) is 11.1. The summed E-state index contributed by atoms with van der Waals surface area (Å²) in [6.07, 6.45) is 2.83. The molecule has 1 aliphatic heterocycles. The smallest absolute Gasteiger partial charge is 0.146 e. The molecule has 0 bridgehead atoms. The lowest BCUT2D eigenvalue weighted by Gasteiger charge is -2.31. The van der Waals surface area contributed by atoms with E-state index in [4.69, 9.17) is 4.42 Å². The number of hydrogen-bond donors (Lipinski definition) is 2. The number of nitrogens with zero attached hydrogens (tertiary/aromatic N) is 1. The SMILES string of the molecule is Cc1ccoc1CNCc1ccc(N2CCC(O)CC2)c(F)c1. The molecule has 124 valence electrons. The van der Waals surface area contributed by atoms with Crippen molar-refractivity contribution in [3.05, 3.63) is 53.2 Å². The zero-order chi connectivity index (χ0) is 16.2. The highest BCUT2D eigenvalue weighted by atomic mass is 19.1. The zero-order valence-electron chi connectivity index (χ0n) is 13.4. The first-order valence-electron chi connectivity index (χ1n) is 8.08. The molecule has 0 amide bonds. The summed E-state index contributed by atoms with van der Waals surface area (Å²) in [7, 11) is 0. The van der Waals surface area contributed by atoms with Gasteiger partial charge in [0.15, 0.2) is 0 Å². The van der Waals surface area contributed by atoms with E-state index in [1.165, 1.54) is 0 Å². The maximum atomic E-state index is 14.3. The predicted octanol–water partition coefficient (Wildman–Crippen LogP) is 2.98. The van der Waals surface area contributed by atoms with E-state index < -0.39 is 0 Å². The van der Waals surface area contributed by atoms with Crippen LogP contribution in [0.3, 0.4) is 0 Å². The number of aliphatic hydroxyl groups excluding tert-OH is 1. The third-order valence-electron chi connectivity index (χ3n) is 4.40. The lowest BCUT2D eigenvalue weighted by Crippen LogP contribution is -2.36. The van der Waals surface area contributed by atoms with Crippen LogP contribution in [0.25, 0.3) is 0 Å². The molecule has 1 aromatic carbocycles. The highest BCUT2D eigenvalue weighted by molar-refractivity contribution is 5.49. The molecule has 0 aliphatic carbocycles. The molecule has 0 unspecified atom stereocenters. The van der Waals surface area contributed by atoms with Crippen molar-refractivity contribution in [2.45, 2.75) is 39.0 Å². The molecule has 2 aromatic rings. The van der Waals surface area contributed by atoms with Crippen molar-refractivity contribution < 1.29 is 13.9 Å². The Kier molecular flexibility index (Phi) is 4.98. The van der Waals surface area contributed by atoms with Crippen LogP contribution in [0.2, 0.25) is 0 Å². The summed E-state index contributed by atoms with van der Waals surface area (Å²) in [5, 5.41) is 12.8. The minimum Gasteiger partial charge on any atom is -0.468 e. The quantitative estimate of drug-likeness (QED) is 0.890. The van der Waals surface area contributed by atoms with Crippen LogP contribution in [0.15, 0.2) is 34.9 Å². The van der Waals surface area contributed by atoms with Gasteiger partial charge in [0, 0.05) is 19.6 Å². The van der Waals surface area contributed by atoms with E-state index in [2.05, 4.69) is 5.32 Å². The molecule has 1 aliphatic rings. The van der Waals surface area contributed by atoms with Gasteiger partial charge in [-0.15, -0.1) is 0 Å². The van der Waals surface area contributed by atoms with E-state index in [-0.39, 0.29) is 11.9 Å². The van der Waals surface area contributed by atoms with Crippen molar-refractivity contribution in [1.29, 1.82) is 0 Å². The van der Waals surface area contributed by atoms with Crippen LogP contribution in [-0.4, -0.2) is 24.3 Å². The maximum Gasteiger partial charge on any atom is 0.146 e. The molecule has 23 heavy (non-hydrogen) atoms. The van der Waals surface area contributed by atoms with Crippen molar-refractivity contribution in [3.8, 4) is 0 Å². The summed E-state index contributed by atoms with van der Waals surface area (Å²) >= 11 is 0. The molecule has 0 atom stereocenters. The molecular weight excluding hydrogens is 295 g/mol. The zero-order valence-corrected chi connectivity index (χ0v) is 13.4. The second kappa shape index (κ2) is 7.15. The average Bonchev–Trinajstić information content (AvgIpc) is 2.94. The first-order valence-corrected chi connectivity index (χ1v) is 8.08. The summed E-state index contributed by atoms with van der Waals surface area (Å²) in [5.74, 6) is 0.712. The molecule has 1 fully saturated rings. The number of benzene rings is 1. The Hall–Kier alpha value is -1.85. The van der Waals surface area contributed by atoms with Gasteiger partial charge in [-0.05, 0) is 49.1 Å². The van der Waals surface area contributed by atoms with Gasteiger partial charge >= 0.3 is 0 Å². The second-order valence-corrected chi connectivity index (χ2v) is 6.13. The van der Waals surface area contributed by atoms with Gasteiger partial charge < -0.3 is 19.7 Å². The maximum absolute atomic E-state index is 14.3. The number of hydrogen-bond acceptors (Lipinski definition) is 4. The lowest BCUT2D eigenvalue weighted by molar-refractivity contribution is 0.145. The van der Waals surface area contributed by atoms with Gasteiger partial charge in [0.2, 0.25) is 0 Å². The minimum atomic E-state index is -0.247. The van der Waals surface area contributed by atoms with Gasteiger partial charge in [-0.3, -0.25) is 0 Å². The summed E-state index contributed by atoms with van der Waals surface area (Å²) in [6, 6.07) is 7.30. The fourth-order valence-corrected chi connectivity index (χ4v) is 2.93. The topological polar surface area (TPSA) is 48.6 Å². The van der Waals surface area contributed by atoms with Gasteiger partial charge in [-0.2, -0.15) is 0 Å². The highest BCUT2D eigenvalue weighted by Crippen LogP contribution is 2.24. The largest absolute Gasteiger partial charge is 0.468 e. The van der Waals surface area contributed by atoms with Crippen LogP contribution in [0.1, 0.15) is 29.7 Å². The van der Waals surface area contributed by atoms with E-state index in [0.29, 0.717) is 44.7 Å². The molecule has 1 saturated heterocycles. The van der Waals surface area contributed by atoms with E-state index in [1.54, 1.807) is 12.3 Å². The van der Waals surface area contributed by atoms with E-state index in [9.17, 15) is 9.50 Å². The van der Waals surface area contributed by atoms with Gasteiger partial charge in [-0.25, -0.2) is 4.39 Å². The number of aryl methyl sites for hydroxylation is 1. The van der Waals surface area contributed by atoms with Crippen molar-refractivity contribution in [2.75, 3.05) is 18.0 Å². The standard InChI is InChI=1S/C18H23FN2O2/c1-13-6-9-23-18(13)12-20-11-14-2-3-17(16(19)10-14)21-7-4-15(22)5-8-21/h2-3,6,9-10,15,20,22H,4-5,7-8,11-12H2,1H3. The lowest BCUT2D eigenvalue weighted by atomic mass is 10.1. The number of furan rings is 1. The molecule has 0 saturated carbocycles. The second-order valence-electron chi connectivity index (χ2n) is 6.13. The summed E-state index contributed by atoms with van der Waals surface area (Å²) in [6.45, 7) is 4.63. The Balaban J connectivity index is 1.57. The van der Waals surface area contributed by atoms with Crippen molar-refractivity contribution in [3.63, 3.8) is 0 Å². The van der Waals surface area contributed by atoms with Crippen LogP contribution in [0, 0.1) is 12.7 Å². The molecule has 1 aromatic heterocycles. The fraction of sp³-hybridized carbons (Fsp3) is 0.444. The molecule has 3 rings (SSSR count). The fourth-order valence-electron chi connectivity index (χ4n) is 2.93. The number of rotatable bonds is 5. The predicted molar refractivity (Wildman–Crippen MR) is 87.8 cm³/mol. The monoisotopic (exact) mass is 318 g/mol. The normalized spacial score (nSPS) is 16.0. The van der Waals surface area contributed by atoms with E-state index >= 15 is 0 Å². The van der Waals surface area contributed by atoms with Gasteiger partial charge in [0.1, 0.15) is 11.6 Å². The average molecular weight is 318 g/mol. The number of piperidine rings is 1. The molecule has 2 N–H and O–H groups in total. The molecule has 0 radical (unpaired) electrons. The summed E-state index contributed by atoms with van der Waals surface area (Å²) in [5.41, 5.74) is 2.65. The first kappa shape index (κ1) is 16.0. The third-order valence-corrected chi connectivity index (χ3v) is 4.40. The van der Waals surface area contributed by atoms with Gasteiger partial charge in [0.05, 0.1) is 24.6 Å². The number of nitrogens with one attached hydrogen (secondary N) is 1. The third kappa shape index (κ3) is 3.92. The number of anilines is 1. The van der Waals surface area contributed by atoms with Crippen molar-refractivity contribution in [1.82, 2.24) is 5.32 Å². The minimum absolute atomic E-state index is 0.199. The van der Waals surface area contributed by atoms with Crippen LogP contribution < -0.4 is 10.2 Å². The number of aliphatic hydroxyl groups is 1. The van der Waals surface area contributed by atoms with E-state index in [0.717, 1.165) is 16.9 Å². The van der Waals surface area contributed by atoms with Crippen molar-refractivity contribution in [2.24, 2.45) is 0 Å². The Morgan fingerprint density at radius 3 is 2.70 bits per heavy atom. The molecule has 2 heterocycles. The van der Waals surface area contributed by atoms with Crippen LogP contribution in [0.4, 0.5) is 10.1 Å². The van der Waals surface area contributed by atoms with Crippen LogP contribution in [-0.2, 0) is 13.1 Å². The van der Waals surface area contributed by atoms with Crippen LogP contribution in [0.5, 0.6) is 0 Å². The molecule has 0 spiro atoms. The molecule has 4 nitrogen and oxygen atoms in total. The van der Waals surface area contributed by atoms with E-state index in [1.807, 2.05) is 30.0 Å². The van der Waals surface area contributed by atoms with Gasteiger partial charge in [-0.1, -0.05) is 6.07 Å². The summed E-state index contributed by atoms with van der Waals surface area (Å²) < 4.78 is 19.7. The Bertz CT molecular complexity index is 648. The number of halogens is 1. The molecular formula is C18H23FN2O2.